The Morgan fingerprint density at radius 3 is 2.61 bits per heavy atom. The minimum Gasteiger partial charge on any atom is -0.432 e. The van der Waals surface area contributed by atoms with Crippen LogP contribution in [0.15, 0.2) is 30.3 Å². The fourth-order valence-electron chi connectivity index (χ4n) is 1.98. The van der Waals surface area contributed by atoms with Crippen LogP contribution in [0.1, 0.15) is 13.3 Å². The van der Waals surface area contributed by atoms with Crippen molar-refractivity contribution < 1.29 is 13.2 Å². The zero-order chi connectivity index (χ0) is 13.2. The van der Waals surface area contributed by atoms with Crippen molar-refractivity contribution in [1.29, 1.82) is 0 Å². The molecule has 0 amide bonds. The van der Waals surface area contributed by atoms with E-state index in [0.717, 1.165) is 0 Å². The number of hydrogen-bond acceptors (Lipinski definition) is 4. The Labute approximate surface area is 112 Å². The summed E-state index contributed by atoms with van der Waals surface area (Å²) in [6.45, 7) is 1.85. The molecule has 0 aliphatic carbocycles. The van der Waals surface area contributed by atoms with Crippen LogP contribution in [0.4, 0.5) is 0 Å². The molecule has 1 atom stereocenters. The van der Waals surface area contributed by atoms with Gasteiger partial charge in [-0.1, -0.05) is 18.2 Å². The van der Waals surface area contributed by atoms with Crippen LogP contribution >= 0.6 is 12.2 Å². The third kappa shape index (κ3) is 3.43. The summed E-state index contributed by atoms with van der Waals surface area (Å²) in [7, 11) is -2.95. The highest BCUT2D eigenvalue weighted by molar-refractivity contribution is 7.91. The van der Waals surface area contributed by atoms with Gasteiger partial charge in [0.05, 0.1) is 17.0 Å². The van der Waals surface area contributed by atoms with E-state index in [1.165, 1.54) is 0 Å². The van der Waals surface area contributed by atoms with Crippen molar-refractivity contribution in [3.05, 3.63) is 30.3 Å². The van der Waals surface area contributed by atoms with Gasteiger partial charge in [-0.05, 0) is 37.7 Å². The molecule has 0 bridgehead atoms. The van der Waals surface area contributed by atoms with E-state index in [-0.39, 0.29) is 16.7 Å². The summed E-state index contributed by atoms with van der Waals surface area (Å²) >= 11 is 5.09. The number of ether oxygens (including phenoxy) is 1. The standard InChI is InChI=1S/C12H15NO3S2/c1-12(7-8-18(14,15)9-12)13-11(17)16-10-5-3-2-4-6-10/h2-6H,7-9H2,1H3,(H,13,17). The smallest absolute Gasteiger partial charge is 0.262 e. The van der Waals surface area contributed by atoms with Crippen LogP contribution in [0.5, 0.6) is 5.75 Å². The zero-order valence-corrected chi connectivity index (χ0v) is 11.7. The van der Waals surface area contributed by atoms with E-state index in [2.05, 4.69) is 5.32 Å². The molecule has 1 N–H and O–H groups in total. The lowest BCUT2D eigenvalue weighted by molar-refractivity contribution is 0.425. The second-order valence-electron chi connectivity index (χ2n) is 4.73. The molecule has 6 heteroatoms. The van der Waals surface area contributed by atoms with Gasteiger partial charge in [0.15, 0.2) is 9.84 Å². The molecule has 1 aromatic carbocycles. The van der Waals surface area contributed by atoms with E-state index in [4.69, 9.17) is 17.0 Å². The first-order valence-corrected chi connectivity index (χ1v) is 7.87. The van der Waals surface area contributed by atoms with E-state index in [1.807, 2.05) is 25.1 Å². The van der Waals surface area contributed by atoms with E-state index < -0.39 is 15.4 Å². The molecule has 0 aromatic heterocycles. The van der Waals surface area contributed by atoms with E-state index >= 15 is 0 Å². The number of para-hydroxylation sites is 1. The van der Waals surface area contributed by atoms with Gasteiger partial charge in [-0.2, -0.15) is 0 Å². The van der Waals surface area contributed by atoms with Crippen LogP contribution in [0, 0.1) is 0 Å². The first-order chi connectivity index (χ1) is 8.39. The van der Waals surface area contributed by atoms with Crippen LogP contribution < -0.4 is 10.1 Å². The monoisotopic (exact) mass is 285 g/mol. The summed E-state index contributed by atoms with van der Waals surface area (Å²) < 4.78 is 28.4. The summed E-state index contributed by atoms with van der Waals surface area (Å²) in [5, 5.41) is 3.20. The van der Waals surface area contributed by atoms with Crippen molar-refractivity contribution in [2.24, 2.45) is 0 Å². The lowest BCUT2D eigenvalue weighted by Crippen LogP contribution is -2.47. The molecule has 1 aliphatic heterocycles. The van der Waals surface area contributed by atoms with Gasteiger partial charge in [-0.3, -0.25) is 0 Å². The maximum Gasteiger partial charge on any atom is 0.262 e. The second kappa shape index (κ2) is 4.85. The highest BCUT2D eigenvalue weighted by atomic mass is 32.2. The second-order valence-corrected chi connectivity index (χ2v) is 7.29. The molecular formula is C12H15NO3S2. The minimum absolute atomic E-state index is 0.0955. The fourth-order valence-corrected chi connectivity index (χ4v) is 4.41. The average Bonchev–Trinajstić information content (AvgIpc) is 2.53. The molecule has 18 heavy (non-hydrogen) atoms. The molecule has 0 radical (unpaired) electrons. The van der Waals surface area contributed by atoms with Gasteiger partial charge < -0.3 is 10.1 Å². The third-order valence-electron chi connectivity index (χ3n) is 2.86. The maximum atomic E-state index is 11.5. The predicted molar refractivity (Wildman–Crippen MR) is 74.5 cm³/mol. The third-order valence-corrected chi connectivity index (χ3v) is 4.95. The lowest BCUT2D eigenvalue weighted by atomic mass is 10.0. The molecule has 1 aliphatic rings. The Morgan fingerprint density at radius 2 is 2.06 bits per heavy atom. The fraction of sp³-hybridized carbons (Fsp3) is 0.417. The molecular weight excluding hydrogens is 270 g/mol. The number of rotatable bonds is 2. The van der Waals surface area contributed by atoms with Gasteiger partial charge in [0.25, 0.3) is 5.17 Å². The summed E-state index contributed by atoms with van der Waals surface area (Å²) in [5.41, 5.74) is -0.523. The number of sulfone groups is 1. The summed E-state index contributed by atoms with van der Waals surface area (Å²) in [5.74, 6) is 0.933. The van der Waals surface area contributed by atoms with Crippen molar-refractivity contribution in [3.8, 4) is 5.75 Å². The molecule has 1 saturated heterocycles. The molecule has 0 saturated carbocycles. The van der Waals surface area contributed by atoms with E-state index in [1.54, 1.807) is 12.1 Å². The molecule has 1 heterocycles. The van der Waals surface area contributed by atoms with Crippen molar-refractivity contribution in [2.45, 2.75) is 18.9 Å². The Balaban J connectivity index is 1.96. The molecule has 98 valence electrons. The van der Waals surface area contributed by atoms with Crippen molar-refractivity contribution in [2.75, 3.05) is 11.5 Å². The van der Waals surface area contributed by atoms with Crippen molar-refractivity contribution in [1.82, 2.24) is 5.32 Å². The normalized spacial score (nSPS) is 25.6. The van der Waals surface area contributed by atoms with Crippen LogP contribution in [0.25, 0.3) is 0 Å². The quantitative estimate of drug-likeness (QED) is 0.835. The highest BCUT2D eigenvalue weighted by Gasteiger charge is 2.39. The van der Waals surface area contributed by atoms with Gasteiger partial charge in [0.1, 0.15) is 5.75 Å². The molecule has 4 nitrogen and oxygen atoms in total. The van der Waals surface area contributed by atoms with Gasteiger partial charge in [0, 0.05) is 0 Å². The van der Waals surface area contributed by atoms with E-state index in [9.17, 15) is 8.42 Å². The van der Waals surface area contributed by atoms with Crippen LogP contribution in [0.2, 0.25) is 0 Å². The first-order valence-electron chi connectivity index (χ1n) is 5.64. The number of benzene rings is 1. The molecule has 1 unspecified atom stereocenters. The van der Waals surface area contributed by atoms with Crippen molar-refractivity contribution >= 4 is 27.2 Å². The van der Waals surface area contributed by atoms with Gasteiger partial charge >= 0.3 is 0 Å². The predicted octanol–water partition coefficient (Wildman–Crippen LogP) is 1.52. The Bertz CT molecular complexity index is 542. The highest BCUT2D eigenvalue weighted by Crippen LogP contribution is 2.23. The first kappa shape index (κ1) is 13.3. The van der Waals surface area contributed by atoms with Gasteiger partial charge in [0.2, 0.25) is 0 Å². The van der Waals surface area contributed by atoms with Crippen molar-refractivity contribution in [3.63, 3.8) is 0 Å². The molecule has 1 fully saturated rings. The lowest BCUT2D eigenvalue weighted by Gasteiger charge is -2.25. The largest absolute Gasteiger partial charge is 0.432 e. The van der Waals surface area contributed by atoms with Gasteiger partial charge in [-0.15, -0.1) is 0 Å². The van der Waals surface area contributed by atoms with Crippen LogP contribution in [-0.4, -0.2) is 30.6 Å². The average molecular weight is 285 g/mol. The molecule has 0 spiro atoms. The molecule has 1 aromatic rings. The number of nitrogens with one attached hydrogen (secondary N) is 1. The van der Waals surface area contributed by atoms with E-state index in [0.29, 0.717) is 12.2 Å². The molecule has 2 rings (SSSR count). The van der Waals surface area contributed by atoms with Gasteiger partial charge in [-0.25, -0.2) is 8.42 Å². The summed E-state index contributed by atoms with van der Waals surface area (Å²) in [4.78, 5) is 0. The van der Waals surface area contributed by atoms with Crippen LogP contribution in [-0.2, 0) is 9.84 Å². The van der Waals surface area contributed by atoms with Crippen LogP contribution in [0.3, 0.4) is 0 Å². The topological polar surface area (TPSA) is 55.4 Å². The summed E-state index contributed by atoms with van der Waals surface area (Å²) in [6, 6.07) is 9.16. The summed E-state index contributed by atoms with van der Waals surface area (Å²) in [6.07, 6.45) is 0.549. The number of thiocarbonyl (C=S) groups is 1. The zero-order valence-electron chi connectivity index (χ0n) is 10.0. The maximum absolute atomic E-state index is 11.5. The Morgan fingerprint density at radius 1 is 1.39 bits per heavy atom. The SMILES string of the molecule is CC1(NC(=S)Oc2ccccc2)CCS(=O)(=O)C1. The Hall–Kier alpha value is -1.14. The number of hydrogen-bond donors (Lipinski definition) is 1. The Kier molecular flexibility index (Phi) is 3.59. The minimum atomic E-state index is -2.95.